The molecule has 0 unspecified atom stereocenters. The Morgan fingerprint density at radius 2 is 1.48 bits per heavy atom. The number of hydrogen-bond donors (Lipinski definition) is 2. The molecule has 0 aliphatic heterocycles. The maximum Gasteiger partial charge on any atom is 0.276 e. The Morgan fingerprint density at radius 3 is 2.03 bits per heavy atom. The molecule has 2 aromatic carbocycles. The molecule has 0 aliphatic carbocycles. The summed E-state index contributed by atoms with van der Waals surface area (Å²) in [5.74, 6) is -0.909. The normalized spacial score (nSPS) is 11.7. The van der Waals surface area contributed by atoms with Crippen LogP contribution < -0.4 is 15.6 Å². The van der Waals surface area contributed by atoms with Crippen LogP contribution in [0, 0.1) is 11.2 Å². The summed E-state index contributed by atoms with van der Waals surface area (Å²) in [6.45, 7) is 10.9. The first-order chi connectivity index (χ1) is 13.5. The molecule has 0 fully saturated rings. The van der Waals surface area contributed by atoms with Crippen LogP contribution in [0.15, 0.2) is 48.5 Å². The number of amides is 2. The largest absolute Gasteiger partial charge is 0.484 e. The van der Waals surface area contributed by atoms with Crippen LogP contribution in [0.5, 0.6) is 5.75 Å². The molecule has 0 spiro atoms. The molecular formula is C23H29FN2O3. The van der Waals surface area contributed by atoms with Crippen LogP contribution in [-0.2, 0) is 10.2 Å². The van der Waals surface area contributed by atoms with Crippen molar-refractivity contribution in [2.45, 2.75) is 46.5 Å². The topological polar surface area (TPSA) is 67.4 Å². The molecule has 5 nitrogen and oxygen atoms in total. The maximum absolute atomic E-state index is 12.9. The average Bonchev–Trinajstić information content (AvgIpc) is 2.63. The Bertz CT molecular complexity index is 838. The molecule has 2 rings (SSSR count). The third kappa shape index (κ3) is 7.22. The van der Waals surface area contributed by atoms with Crippen LogP contribution >= 0.6 is 0 Å². The van der Waals surface area contributed by atoms with Gasteiger partial charge in [-0.15, -0.1) is 0 Å². The number of hydrazine groups is 1. The summed E-state index contributed by atoms with van der Waals surface area (Å²) in [4.78, 5) is 23.8. The second kappa shape index (κ2) is 9.07. The molecule has 29 heavy (non-hydrogen) atoms. The minimum atomic E-state index is -0.538. The van der Waals surface area contributed by atoms with E-state index in [9.17, 15) is 14.0 Å². The molecule has 0 atom stereocenters. The van der Waals surface area contributed by atoms with E-state index in [0.717, 1.165) is 6.42 Å². The predicted octanol–water partition coefficient (Wildman–Crippen LogP) is 4.38. The van der Waals surface area contributed by atoms with Gasteiger partial charge in [0.1, 0.15) is 11.6 Å². The van der Waals surface area contributed by atoms with Crippen LogP contribution in [0.25, 0.3) is 0 Å². The van der Waals surface area contributed by atoms with E-state index in [4.69, 9.17) is 4.74 Å². The number of hydrogen-bond acceptors (Lipinski definition) is 3. The van der Waals surface area contributed by atoms with Crippen molar-refractivity contribution in [1.29, 1.82) is 0 Å². The van der Waals surface area contributed by atoms with Gasteiger partial charge in [-0.3, -0.25) is 20.4 Å². The number of rotatable bonds is 6. The smallest absolute Gasteiger partial charge is 0.276 e. The van der Waals surface area contributed by atoms with Crippen molar-refractivity contribution in [3.63, 3.8) is 0 Å². The highest BCUT2D eigenvalue weighted by Gasteiger charge is 2.27. The number of benzene rings is 2. The summed E-state index contributed by atoms with van der Waals surface area (Å²) in [5.41, 5.74) is 6.22. The summed E-state index contributed by atoms with van der Waals surface area (Å²) in [6.07, 6.45) is 1.04. The highest BCUT2D eigenvalue weighted by Crippen LogP contribution is 2.36. The molecule has 0 bridgehead atoms. The van der Waals surface area contributed by atoms with Crippen molar-refractivity contribution in [2.24, 2.45) is 5.41 Å². The zero-order valence-corrected chi connectivity index (χ0v) is 17.6. The first-order valence-corrected chi connectivity index (χ1v) is 9.54. The van der Waals surface area contributed by atoms with Gasteiger partial charge in [0.2, 0.25) is 0 Å². The molecule has 156 valence electrons. The quantitative estimate of drug-likeness (QED) is 0.707. The Kier molecular flexibility index (Phi) is 7.01. The SMILES string of the molecule is CC(C)(C)CC(C)(C)c1ccc(OCC(=O)NNC(=O)c2ccc(F)cc2)cc1. The number of nitrogens with one attached hydrogen (secondary N) is 2. The van der Waals surface area contributed by atoms with Crippen LogP contribution in [0.4, 0.5) is 4.39 Å². The van der Waals surface area contributed by atoms with Crippen molar-refractivity contribution in [2.75, 3.05) is 6.61 Å². The van der Waals surface area contributed by atoms with Gasteiger partial charge in [0.05, 0.1) is 0 Å². The molecule has 2 amide bonds. The van der Waals surface area contributed by atoms with E-state index >= 15 is 0 Å². The highest BCUT2D eigenvalue weighted by molar-refractivity contribution is 5.95. The van der Waals surface area contributed by atoms with E-state index in [-0.39, 0.29) is 23.0 Å². The van der Waals surface area contributed by atoms with Gasteiger partial charge in [0, 0.05) is 5.56 Å². The number of halogens is 1. The molecule has 0 radical (unpaired) electrons. The molecule has 0 saturated carbocycles. The lowest BCUT2D eigenvalue weighted by atomic mass is 9.72. The van der Waals surface area contributed by atoms with Crippen molar-refractivity contribution >= 4 is 11.8 Å². The van der Waals surface area contributed by atoms with E-state index in [0.29, 0.717) is 5.75 Å². The first-order valence-electron chi connectivity index (χ1n) is 9.54. The molecular weight excluding hydrogens is 371 g/mol. The van der Waals surface area contributed by atoms with Crippen molar-refractivity contribution in [3.8, 4) is 5.75 Å². The van der Waals surface area contributed by atoms with Gasteiger partial charge in [-0.25, -0.2) is 4.39 Å². The monoisotopic (exact) mass is 400 g/mol. The van der Waals surface area contributed by atoms with Gasteiger partial charge >= 0.3 is 0 Å². The van der Waals surface area contributed by atoms with E-state index in [1.165, 1.54) is 29.8 Å². The van der Waals surface area contributed by atoms with Crippen molar-refractivity contribution in [3.05, 3.63) is 65.5 Å². The summed E-state index contributed by atoms with van der Waals surface area (Å²) >= 11 is 0. The van der Waals surface area contributed by atoms with Crippen LogP contribution in [0.3, 0.4) is 0 Å². The van der Waals surface area contributed by atoms with Crippen LogP contribution in [-0.4, -0.2) is 18.4 Å². The van der Waals surface area contributed by atoms with Crippen molar-refractivity contribution in [1.82, 2.24) is 10.9 Å². The number of carbonyl (C=O) groups excluding carboxylic acids is 2. The first kappa shape index (κ1) is 22.4. The number of carbonyl (C=O) groups is 2. The summed E-state index contributed by atoms with van der Waals surface area (Å²) < 4.78 is 18.3. The molecule has 0 heterocycles. The minimum absolute atomic E-state index is 0.0266. The Hall–Kier alpha value is -2.89. The highest BCUT2D eigenvalue weighted by atomic mass is 19.1. The average molecular weight is 400 g/mol. The van der Waals surface area contributed by atoms with E-state index in [1.54, 1.807) is 0 Å². The molecule has 0 aromatic heterocycles. The van der Waals surface area contributed by atoms with Crippen molar-refractivity contribution < 1.29 is 18.7 Å². The zero-order valence-electron chi connectivity index (χ0n) is 17.6. The van der Waals surface area contributed by atoms with Gasteiger partial charge in [0.25, 0.3) is 11.8 Å². The third-order valence-electron chi connectivity index (χ3n) is 4.40. The molecule has 2 aromatic rings. The summed E-state index contributed by atoms with van der Waals surface area (Å²) in [5, 5.41) is 0. The molecule has 0 aliphatic rings. The Balaban J connectivity index is 1.82. The molecule has 2 N–H and O–H groups in total. The molecule has 0 saturated heterocycles. The van der Waals surface area contributed by atoms with Gasteiger partial charge in [-0.05, 0) is 59.2 Å². The Morgan fingerprint density at radius 1 is 0.897 bits per heavy atom. The fourth-order valence-corrected chi connectivity index (χ4v) is 3.42. The van der Waals surface area contributed by atoms with Gasteiger partial charge in [-0.2, -0.15) is 0 Å². The van der Waals surface area contributed by atoms with Crippen LogP contribution in [0.2, 0.25) is 0 Å². The fourth-order valence-electron chi connectivity index (χ4n) is 3.42. The lowest BCUT2D eigenvalue weighted by Crippen LogP contribution is -2.43. The van der Waals surface area contributed by atoms with E-state index in [2.05, 4.69) is 45.5 Å². The summed E-state index contributed by atoms with van der Waals surface area (Å²) in [7, 11) is 0. The lowest BCUT2D eigenvalue weighted by Gasteiger charge is -2.33. The fraction of sp³-hybridized carbons (Fsp3) is 0.391. The van der Waals surface area contributed by atoms with Gasteiger partial charge < -0.3 is 4.74 Å². The number of ether oxygens (including phenoxy) is 1. The van der Waals surface area contributed by atoms with Gasteiger partial charge in [-0.1, -0.05) is 46.8 Å². The lowest BCUT2D eigenvalue weighted by molar-refractivity contribution is -0.123. The second-order valence-corrected chi connectivity index (χ2v) is 8.94. The summed E-state index contributed by atoms with van der Waals surface area (Å²) in [6, 6.07) is 12.7. The van der Waals surface area contributed by atoms with E-state index in [1.807, 2.05) is 24.3 Å². The van der Waals surface area contributed by atoms with Gasteiger partial charge in [0.15, 0.2) is 6.61 Å². The standard InChI is InChI=1S/C23H29FN2O3/c1-22(2,3)15-23(4,5)17-8-12-19(13-9-17)29-14-20(27)25-26-21(28)16-6-10-18(24)11-7-16/h6-13H,14-15H2,1-5H3,(H,25,27)(H,26,28). The minimum Gasteiger partial charge on any atom is -0.484 e. The second-order valence-electron chi connectivity index (χ2n) is 8.94. The molecule has 6 heteroatoms. The van der Waals surface area contributed by atoms with Crippen LogP contribution in [0.1, 0.15) is 57.0 Å². The predicted molar refractivity (Wildman–Crippen MR) is 111 cm³/mol. The Labute approximate surface area is 171 Å². The maximum atomic E-state index is 12.9. The third-order valence-corrected chi connectivity index (χ3v) is 4.40. The zero-order chi connectivity index (χ0) is 21.7. The van der Waals surface area contributed by atoms with E-state index < -0.39 is 17.6 Å².